The van der Waals surface area contributed by atoms with E-state index in [-0.39, 0.29) is 0 Å². The van der Waals surface area contributed by atoms with Crippen molar-refractivity contribution in [3.05, 3.63) is 68.9 Å². The summed E-state index contributed by atoms with van der Waals surface area (Å²) in [5.41, 5.74) is 1.65. The molecular weight excluding hydrogens is 445 g/mol. The standard InChI is InChI=1S/C16H12BrCl2N5S/c17-10-4-6-11(7-5-10)21-16(25)22-15-20-9-24(23-15)8-12-13(18)2-1-3-14(12)19/h1-7,9H,8H2,(H2,21,22,23,25). The first-order valence-electron chi connectivity index (χ1n) is 7.17. The molecule has 0 saturated heterocycles. The zero-order valence-electron chi connectivity index (χ0n) is 12.7. The van der Waals surface area contributed by atoms with Gasteiger partial charge in [0.25, 0.3) is 0 Å². The van der Waals surface area contributed by atoms with E-state index in [4.69, 9.17) is 35.4 Å². The summed E-state index contributed by atoms with van der Waals surface area (Å²) in [6.45, 7) is 0.417. The second-order valence-corrected chi connectivity index (χ2v) is 7.19. The average Bonchev–Trinajstić information content (AvgIpc) is 3.00. The molecule has 0 aliphatic heterocycles. The van der Waals surface area contributed by atoms with Gasteiger partial charge in [-0.1, -0.05) is 45.2 Å². The minimum atomic E-state index is 0.387. The quantitative estimate of drug-likeness (QED) is 0.528. The van der Waals surface area contributed by atoms with Crippen LogP contribution in [-0.2, 0) is 6.54 Å². The van der Waals surface area contributed by atoms with Crippen LogP contribution in [0.5, 0.6) is 0 Å². The van der Waals surface area contributed by atoms with Crippen molar-refractivity contribution in [3.63, 3.8) is 0 Å². The third kappa shape index (κ3) is 4.92. The van der Waals surface area contributed by atoms with Crippen molar-refractivity contribution in [1.82, 2.24) is 14.8 Å². The van der Waals surface area contributed by atoms with Gasteiger partial charge in [0.05, 0.1) is 6.54 Å². The molecule has 0 bridgehead atoms. The maximum Gasteiger partial charge on any atom is 0.248 e. The van der Waals surface area contributed by atoms with Crippen LogP contribution >= 0.6 is 51.3 Å². The van der Waals surface area contributed by atoms with Crippen LogP contribution in [0.2, 0.25) is 10.0 Å². The van der Waals surface area contributed by atoms with E-state index in [2.05, 4.69) is 36.6 Å². The van der Waals surface area contributed by atoms with Crippen molar-refractivity contribution >= 4 is 68.1 Å². The van der Waals surface area contributed by atoms with Gasteiger partial charge < -0.3 is 5.32 Å². The molecule has 3 aromatic rings. The number of aromatic nitrogens is 3. The molecule has 2 N–H and O–H groups in total. The summed E-state index contributed by atoms with van der Waals surface area (Å²) in [6.07, 6.45) is 1.59. The van der Waals surface area contributed by atoms with Crippen LogP contribution in [-0.4, -0.2) is 19.9 Å². The summed E-state index contributed by atoms with van der Waals surface area (Å²) in [4.78, 5) is 4.19. The first-order valence-corrected chi connectivity index (χ1v) is 9.13. The second-order valence-electron chi connectivity index (χ2n) is 5.05. The highest BCUT2D eigenvalue weighted by Gasteiger charge is 2.09. The summed E-state index contributed by atoms with van der Waals surface area (Å²) in [6, 6.07) is 13.0. The SMILES string of the molecule is S=C(Nc1ccc(Br)cc1)Nc1ncn(Cc2c(Cl)cccc2Cl)n1. The summed E-state index contributed by atoms with van der Waals surface area (Å²) < 4.78 is 2.63. The van der Waals surface area contributed by atoms with Gasteiger partial charge in [0.1, 0.15) is 6.33 Å². The van der Waals surface area contributed by atoms with Crippen molar-refractivity contribution in [2.45, 2.75) is 6.54 Å². The van der Waals surface area contributed by atoms with E-state index < -0.39 is 0 Å². The van der Waals surface area contributed by atoms with E-state index in [0.29, 0.717) is 27.7 Å². The molecule has 0 saturated carbocycles. The number of anilines is 2. The maximum atomic E-state index is 6.18. The van der Waals surface area contributed by atoms with Crippen molar-refractivity contribution in [2.24, 2.45) is 0 Å². The Morgan fingerprint density at radius 3 is 2.44 bits per heavy atom. The van der Waals surface area contributed by atoms with Gasteiger partial charge in [-0.05, 0) is 48.6 Å². The average molecular weight is 457 g/mol. The summed E-state index contributed by atoms with van der Waals surface area (Å²) >= 11 is 21.0. The maximum absolute atomic E-state index is 6.18. The zero-order chi connectivity index (χ0) is 17.8. The van der Waals surface area contributed by atoms with Gasteiger partial charge in [-0.15, -0.1) is 5.10 Å². The van der Waals surface area contributed by atoms with Gasteiger partial charge in [0, 0.05) is 25.8 Å². The smallest absolute Gasteiger partial charge is 0.248 e. The highest BCUT2D eigenvalue weighted by molar-refractivity contribution is 9.10. The van der Waals surface area contributed by atoms with Gasteiger partial charge in [-0.25, -0.2) is 9.67 Å². The molecule has 0 spiro atoms. The molecule has 128 valence electrons. The number of rotatable bonds is 4. The lowest BCUT2D eigenvalue weighted by Gasteiger charge is -2.08. The first kappa shape index (κ1) is 18.1. The summed E-state index contributed by atoms with van der Waals surface area (Å²) in [5, 5.41) is 11.9. The summed E-state index contributed by atoms with van der Waals surface area (Å²) in [7, 11) is 0. The van der Waals surface area contributed by atoms with E-state index in [1.54, 1.807) is 29.2 Å². The molecular formula is C16H12BrCl2N5S. The molecule has 0 amide bonds. The monoisotopic (exact) mass is 455 g/mol. The minimum absolute atomic E-state index is 0.387. The number of nitrogens with one attached hydrogen (secondary N) is 2. The Morgan fingerprint density at radius 2 is 1.76 bits per heavy atom. The molecule has 5 nitrogen and oxygen atoms in total. The lowest BCUT2D eigenvalue weighted by Crippen LogP contribution is -2.20. The van der Waals surface area contributed by atoms with E-state index in [9.17, 15) is 0 Å². The number of thiocarbonyl (C=S) groups is 1. The van der Waals surface area contributed by atoms with Crippen LogP contribution in [0.25, 0.3) is 0 Å². The lowest BCUT2D eigenvalue weighted by molar-refractivity contribution is 0.687. The lowest BCUT2D eigenvalue weighted by atomic mass is 10.2. The summed E-state index contributed by atoms with van der Waals surface area (Å²) in [5.74, 6) is 0.387. The fraction of sp³-hybridized carbons (Fsp3) is 0.0625. The molecule has 9 heteroatoms. The van der Waals surface area contributed by atoms with E-state index in [1.807, 2.05) is 24.3 Å². The molecule has 25 heavy (non-hydrogen) atoms. The number of benzene rings is 2. The van der Waals surface area contributed by atoms with E-state index >= 15 is 0 Å². The Bertz CT molecular complexity index is 878. The number of hydrogen-bond donors (Lipinski definition) is 2. The van der Waals surface area contributed by atoms with E-state index in [0.717, 1.165) is 15.7 Å². The Labute approximate surface area is 168 Å². The Kier molecular flexibility index (Phi) is 5.90. The van der Waals surface area contributed by atoms with Crippen LogP contribution in [0.15, 0.2) is 53.3 Å². The Hall–Kier alpha value is -1.67. The number of hydrogen-bond acceptors (Lipinski definition) is 3. The van der Waals surface area contributed by atoms with Crippen LogP contribution in [0, 0.1) is 0 Å². The fourth-order valence-corrected chi connectivity index (χ4v) is 3.06. The molecule has 0 aliphatic rings. The predicted octanol–water partition coefficient (Wildman–Crippen LogP) is 5.20. The topological polar surface area (TPSA) is 54.8 Å². The number of nitrogens with zero attached hydrogens (tertiary/aromatic N) is 3. The van der Waals surface area contributed by atoms with Crippen molar-refractivity contribution in [3.8, 4) is 0 Å². The van der Waals surface area contributed by atoms with Crippen LogP contribution < -0.4 is 10.6 Å². The van der Waals surface area contributed by atoms with Gasteiger partial charge in [0.15, 0.2) is 5.11 Å². The van der Waals surface area contributed by atoms with Crippen molar-refractivity contribution in [1.29, 1.82) is 0 Å². The minimum Gasteiger partial charge on any atom is -0.332 e. The normalized spacial score (nSPS) is 10.5. The molecule has 0 unspecified atom stereocenters. The van der Waals surface area contributed by atoms with Crippen molar-refractivity contribution in [2.75, 3.05) is 10.6 Å². The molecule has 0 atom stereocenters. The largest absolute Gasteiger partial charge is 0.332 e. The van der Waals surface area contributed by atoms with Gasteiger partial charge in [-0.2, -0.15) is 0 Å². The first-order chi connectivity index (χ1) is 12.0. The third-order valence-electron chi connectivity index (χ3n) is 3.25. The Balaban J connectivity index is 1.63. The molecule has 0 radical (unpaired) electrons. The fourth-order valence-electron chi connectivity index (χ4n) is 2.07. The van der Waals surface area contributed by atoms with Gasteiger partial charge in [-0.3, -0.25) is 5.32 Å². The molecule has 3 rings (SSSR count). The van der Waals surface area contributed by atoms with E-state index in [1.165, 1.54) is 0 Å². The van der Waals surface area contributed by atoms with Crippen LogP contribution in [0.1, 0.15) is 5.56 Å². The third-order valence-corrected chi connectivity index (χ3v) is 4.69. The van der Waals surface area contributed by atoms with Crippen LogP contribution in [0.4, 0.5) is 11.6 Å². The zero-order valence-corrected chi connectivity index (χ0v) is 16.6. The van der Waals surface area contributed by atoms with Gasteiger partial charge >= 0.3 is 0 Å². The molecule has 1 heterocycles. The van der Waals surface area contributed by atoms with Crippen LogP contribution in [0.3, 0.4) is 0 Å². The van der Waals surface area contributed by atoms with Crippen molar-refractivity contribution < 1.29 is 0 Å². The second kappa shape index (κ2) is 8.14. The number of halogens is 3. The highest BCUT2D eigenvalue weighted by Crippen LogP contribution is 2.25. The Morgan fingerprint density at radius 1 is 1.08 bits per heavy atom. The molecule has 0 aliphatic carbocycles. The highest BCUT2D eigenvalue weighted by atomic mass is 79.9. The molecule has 1 aromatic heterocycles. The molecule has 0 fully saturated rings. The van der Waals surface area contributed by atoms with Gasteiger partial charge in [0.2, 0.25) is 5.95 Å². The molecule has 2 aromatic carbocycles. The predicted molar refractivity (Wildman–Crippen MR) is 110 cm³/mol.